The van der Waals surface area contributed by atoms with Crippen LogP contribution in [-0.2, 0) is 6.61 Å². The minimum absolute atomic E-state index is 0.506. The summed E-state index contributed by atoms with van der Waals surface area (Å²) in [6, 6.07) is 15.7. The van der Waals surface area contributed by atoms with Crippen molar-refractivity contribution in [1.82, 2.24) is 15.0 Å². The number of ether oxygens (including phenoxy) is 1. The van der Waals surface area contributed by atoms with Crippen LogP contribution in [0.2, 0.25) is 5.02 Å². The molecule has 5 heteroatoms. The number of hydrogen-bond donors (Lipinski definition) is 1. The van der Waals surface area contributed by atoms with E-state index >= 15 is 0 Å². The molecule has 0 spiro atoms. The second-order valence-corrected chi connectivity index (χ2v) is 5.83. The van der Waals surface area contributed by atoms with Crippen molar-refractivity contribution in [2.75, 3.05) is 0 Å². The number of halogens is 1. The van der Waals surface area contributed by atoms with Gasteiger partial charge >= 0.3 is 0 Å². The number of aromatic amines is 1. The highest BCUT2D eigenvalue weighted by Crippen LogP contribution is 2.29. The molecule has 3 heterocycles. The fourth-order valence-corrected chi connectivity index (χ4v) is 2.74. The molecule has 0 saturated carbocycles. The summed E-state index contributed by atoms with van der Waals surface area (Å²) < 4.78 is 5.83. The fraction of sp³-hybridized carbons (Fsp3) is 0.0526. The number of H-pyrrole nitrogens is 1. The average Bonchev–Trinajstić information content (AvgIpc) is 3.07. The summed E-state index contributed by atoms with van der Waals surface area (Å²) in [5.74, 6) is 0.717. The Bertz CT molecular complexity index is 982. The van der Waals surface area contributed by atoms with Gasteiger partial charge in [0.1, 0.15) is 18.0 Å². The third-order valence-corrected chi connectivity index (χ3v) is 4.08. The van der Waals surface area contributed by atoms with Gasteiger partial charge in [-0.05, 0) is 23.8 Å². The highest BCUT2D eigenvalue weighted by atomic mass is 35.5. The van der Waals surface area contributed by atoms with Crippen LogP contribution >= 0.6 is 11.6 Å². The summed E-state index contributed by atoms with van der Waals surface area (Å²) in [6.07, 6.45) is 5.18. The Morgan fingerprint density at radius 1 is 1.04 bits per heavy atom. The molecule has 0 unspecified atom stereocenters. The molecule has 0 bridgehead atoms. The molecule has 24 heavy (non-hydrogen) atoms. The van der Waals surface area contributed by atoms with Gasteiger partial charge in [-0.1, -0.05) is 41.9 Å². The minimum atomic E-state index is 0.506. The lowest BCUT2D eigenvalue weighted by Gasteiger charge is -2.07. The summed E-state index contributed by atoms with van der Waals surface area (Å²) in [7, 11) is 0. The summed E-state index contributed by atoms with van der Waals surface area (Å²) in [4.78, 5) is 11.8. The average molecular weight is 336 g/mol. The van der Waals surface area contributed by atoms with Crippen molar-refractivity contribution in [2.24, 2.45) is 0 Å². The molecule has 4 aromatic rings. The molecule has 0 aliphatic heterocycles. The van der Waals surface area contributed by atoms with Crippen molar-refractivity contribution in [3.05, 3.63) is 77.7 Å². The fourth-order valence-electron chi connectivity index (χ4n) is 2.54. The first-order valence-corrected chi connectivity index (χ1v) is 7.93. The van der Waals surface area contributed by atoms with Gasteiger partial charge in [0.05, 0.1) is 11.2 Å². The molecule has 4 rings (SSSR count). The molecule has 0 radical (unpaired) electrons. The molecule has 0 amide bonds. The Kier molecular flexibility index (Phi) is 3.89. The molecular formula is C19H14ClN3O. The molecule has 0 fully saturated rings. The van der Waals surface area contributed by atoms with Gasteiger partial charge in [0.25, 0.3) is 0 Å². The van der Waals surface area contributed by atoms with E-state index in [0.29, 0.717) is 17.4 Å². The molecule has 4 nitrogen and oxygen atoms in total. The maximum atomic E-state index is 6.21. The smallest absolute Gasteiger partial charge is 0.139 e. The van der Waals surface area contributed by atoms with Gasteiger partial charge < -0.3 is 9.72 Å². The first-order chi connectivity index (χ1) is 11.8. The first-order valence-electron chi connectivity index (χ1n) is 7.55. The number of fused-ring (bicyclic) bond motifs is 1. The third-order valence-electron chi connectivity index (χ3n) is 3.75. The van der Waals surface area contributed by atoms with Crippen molar-refractivity contribution < 1.29 is 4.74 Å². The van der Waals surface area contributed by atoms with E-state index in [0.717, 1.165) is 27.9 Å². The van der Waals surface area contributed by atoms with Gasteiger partial charge in [0.2, 0.25) is 0 Å². The topological polar surface area (TPSA) is 50.8 Å². The van der Waals surface area contributed by atoms with E-state index in [1.807, 2.05) is 42.5 Å². The predicted molar refractivity (Wildman–Crippen MR) is 95.1 cm³/mol. The minimum Gasteiger partial charge on any atom is -0.487 e. The molecule has 0 atom stereocenters. The largest absolute Gasteiger partial charge is 0.487 e. The van der Waals surface area contributed by atoms with Crippen LogP contribution in [0.1, 0.15) is 5.56 Å². The number of hydrogen-bond acceptors (Lipinski definition) is 3. The Labute approximate surface area is 144 Å². The molecule has 118 valence electrons. The molecule has 0 aliphatic carbocycles. The Morgan fingerprint density at radius 2 is 1.92 bits per heavy atom. The van der Waals surface area contributed by atoms with Crippen molar-refractivity contribution in [2.45, 2.75) is 6.61 Å². The first kappa shape index (κ1) is 14.7. The zero-order valence-electron chi connectivity index (χ0n) is 12.7. The number of pyridine rings is 2. The lowest BCUT2D eigenvalue weighted by molar-refractivity contribution is 0.305. The zero-order valence-corrected chi connectivity index (χ0v) is 13.5. The Balaban J connectivity index is 1.60. The maximum absolute atomic E-state index is 6.21. The lowest BCUT2D eigenvalue weighted by Crippen LogP contribution is -1.95. The molecular weight excluding hydrogens is 322 g/mol. The van der Waals surface area contributed by atoms with Crippen molar-refractivity contribution in [3.8, 4) is 17.0 Å². The van der Waals surface area contributed by atoms with E-state index < -0.39 is 0 Å². The van der Waals surface area contributed by atoms with E-state index in [-0.39, 0.29) is 0 Å². The molecule has 3 aromatic heterocycles. The van der Waals surface area contributed by atoms with Crippen LogP contribution < -0.4 is 4.74 Å². The normalized spacial score (nSPS) is 10.9. The summed E-state index contributed by atoms with van der Waals surface area (Å²) in [5, 5.41) is 1.57. The monoisotopic (exact) mass is 335 g/mol. The predicted octanol–water partition coefficient (Wildman–Crippen LogP) is 4.86. The van der Waals surface area contributed by atoms with Gasteiger partial charge in [-0.25, -0.2) is 4.98 Å². The summed E-state index contributed by atoms with van der Waals surface area (Å²) in [5.41, 5.74) is 3.70. The van der Waals surface area contributed by atoms with E-state index in [4.69, 9.17) is 16.3 Å². The summed E-state index contributed by atoms with van der Waals surface area (Å²) in [6.45, 7) is 0.506. The number of aromatic nitrogens is 3. The number of benzene rings is 1. The van der Waals surface area contributed by atoms with Crippen LogP contribution in [-0.4, -0.2) is 15.0 Å². The van der Waals surface area contributed by atoms with Gasteiger partial charge in [-0.2, -0.15) is 0 Å². The quantitative estimate of drug-likeness (QED) is 0.579. The lowest BCUT2D eigenvalue weighted by atomic mass is 10.2. The highest BCUT2D eigenvalue weighted by molar-refractivity contribution is 6.35. The maximum Gasteiger partial charge on any atom is 0.139 e. The molecule has 1 N–H and O–H groups in total. The van der Waals surface area contributed by atoms with Crippen LogP contribution in [0.4, 0.5) is 0 Å². The standard InChI is InChI=1S/C19H14ClN3O/c20-17-6-7-22-19-16(17)9-18(23-19)14-8-15(11-21-10-14)24-12-13-4-2-1-3-5-13/h1-11H,12H2,(H,22,23). The van der Waals surface area contributed by atoms with Gasteiger partial charge in [0.15, 0.2) is 0 Å². The van der Waals surface area contributed by atoms with Crippen LogP contribution in [0.25, 0.3) is 22.3 Å². The van der Waals surface area contributed by atoms with E-state index in [9.17, 15) is 0 Å². The zero-order chi connectivity index (χ0) is 16.4. The molecule has 0 aliphatic rings. The molecule has 0 saturated heterocycles. The third kappa shape index (κ3) is 2.96. The second-order valence-electron chi connectivity index (χ2n) is 5.42. The van der Waals surface area contributed by atoms with Crippen LogP contribution in [0, 0.1) is 0 Å². The van der Waals surface area contributed by atoms with Crippen LogP contribution in [0.15, 0.2) is 67.1 Å². The van der Waals surface area contributed by atoms with E-state index in [1.165, 1.54) is 0 Å². The van der Waals surface area contributed by atoms with Crippen molar-refractivity contribution in [3.63, 3.8) is 0 Å². The number of nitrogens with zero attached hydrogens (tertiary/aromatic N) is 2. The Morgan fingerprint density at radius 3 is 2.75 bits per heavy atom. The highest BCUT2D eigenvalue weighted by Gasteiger charge is 2.08. The van der Waals surface area contributed by atoms with Gasteiger partial charge in [-0.3, -0.25) is 4.98 Å². The number of rotatable bonds is 4. The van der Waals surface area contributed by atoms with E-state index in [2.05, 4.69) is 15.0 Å². The van der Waals surface area contributed by atoms with E-state index in [1.54, 1.807) is 24.7 Å². The van der Waals surface area contributed by atoms with Crippen molar-refractivity contribution >= 4 is 22.6 Å². The van der Waals surface area contributed by atoms with Crippen LogP contribution in [0.5, 0.6) is 5.75 Å². The SMILES string of the molecule is Clc1ccnc2[nH]c(-c3cncc(OCc4ccccc4)c3)cc12. The van der Waals surface area contributed by atoms with Crippen molar-refractivity contribution in [1.29, 1.82) is 0 Å². The van der Waals surface area contributed by atoms with Gasteiger partial charge in [0, 0.05) is 29.0 Å². The summed E-state index contributed by atoms with van der Waals surface area (Å²) >= 11 is 6.21. The molecule has 1 aromatic carbocycles. The number of nitrogens with one attached hydrogen (secondary N) is 1. The van der Waals surface area contributed by atoms with Crippen LogP contribution in [0.3, 0.4) is 0 Å². The second kappa shape index (κ2) is 6.34. The Hall–Kier alpha value is -2.85. The van der Waals surface area contributed by atoms with Gasteiger partial charge in [-0.15, -0.1) is 0 Å².